The normalized spacial score (nSPS) is 11.0. The Labute approximate surface area is 100 Å². The number of nitrogens with zero attached hydrogens (tertiary/aromatic N) is 1. The minimum atomic E-state index is -0.742. The molecular formula is C10H9BrN2O3. The van der Waals surface area contributed by atoms with Gasteiger partial charge >= 0.3 is 0 Å². The Morgan fingerprint density at radius 2 is 2.12 bits per heavy atom. The zero-order valence-corrected chi connectivity index (χ0v) is 9.98. The Hall–Kier alpha value is -1.69. The van der Waals surface area contributed by atoms with Crippen LogP contribution in [0.15, 0.2) is 33.9 Å². The van der Waals surface area contributed by atoms with Crippen molar-refractivity contribution in [3.63, 3.8) is 0 Å². The standard InChI is InChI=1S/C10H9BrN2O3/c1-6(14)9(13-16)10(15)12-8-4-2-3-7(11)5-8/h2-5,16H,1H3,(H,12,15)/b13-9+. The van der Waals surface area contributed by atoms with E-state index in [2.05, 4.69) is 26.4 Å². The first-order valence-corrected chi connectivity index (χ1v) is 5.14. The van der Waals surface area contributed by atoms with Crippen LogP contribution in [0.1, 0.15) is 6.92 Å². The molecule has 1 aromatic carbocycles. The number of hydrogen-bond acceptors (Lipinski definition) is 4. The van der Waals surface area contributed by atoms with Crippen LogP contribution in [0.25, 0.3) is 0 Å². The molecule has 0 heterocycles. The number of oxime groups is 1. The summed E-state index contributed by atoms with van der Waals surface area (Å²) in [7, 11) is 0. The fraction of sp³-hybridized carbons (Fsp3) is 0.100. The highest BCUT2D eigenvalue weighted by Gasteiger charge is 2.17. The number of benzene rings is 1. The zero-order valence-electron chi connectivity index (χ0n) is 8.40. The predicted molar refractivity (Wildman–Crippen MR) is 62.7 cm³/mol. The van der Waals surface area contributed by atoms with Crippen molar-refractivity contribution >= 4 is 39.0 Å². The summed E-state index contributed by atoms with van der Waals surface area (Å²) in [6, 6.07) is 6.83. The minimum absolute atomic E-state index is 0.502. The highest BCUT2D eigenvalue weighted by molar-refractivity contribution is 9.10. The SMILES string of the molecule is CC(=O)/C(=N\O)C(=O)Nc1cccc(Br)c1. The van der Waals surface area contributed by atoms with E-state index in [9.17, 15) is 9.59 Å². The van der Waals surface area contributed by atoms with Crippen LogP contribution in [-0.4, -0.2) is 22.6 Å². The molecule has 84 valence electrons. The summed E-state index contributed by atoms with van der Waals surface area (Å²) in [4.78, 5) is 22.4. The van der Waals surface area contributed by atoms with Crippen LogP contribution in [0.4, 0.5) is 5.69 Å². The lowest BCUT2D eigenvalue weighted by Crippen LogP contribution is -2.28. The van der Waals surface area contributed by atoms with Crippen molar-refractivity contribution in [2.24, 2.45) is 5.16 Å². The van der Waals surface area contributed by atoms with Gasteiger partial charge in [0.05, 0.1) is 0 Å². The Morgan fingerprint density at radius 3 is 2.62 bits per heavy atom. The maximum absolute atomic E-state index is 11.5. The molecule has 0 aliphatic heterocycles. The van der Waals surface area contributed by atoms with Gasteiger partial charge in [-0.25, -0.2) is 0 Å². The number of ketones is 1. The molecule has 0 radical (unpaired) electrons. The molecule has 1 aromatic rings. The van der Waals surface area contributed by atoms with Gasteiger partial charge in [-0.2, -0.15) is 0 Å². The first kappa shape index (κ1) is 12.4. The lowest BCUT2D eigenvalue weighted by atomic mass is 10.2. The van der Waals surface area contributed by atoms with Crippen molar-refractivity contribution in [2.45, 2.75) is 6.92 Å². The fourth-order valence-electron chi connectivity index (χ4n) is 1.03. The van der Waals surface area contributed by atoms with E-state index in [-0.39, 0.29) is 0 Å². The van der Waals surface area contributed by atoms with E-state index < -0.39 is 17.4 Å². The molecular weight excluding hydrogens is 276 g/mol. The topological polar surface area (TPSA) is 78.8 Å². The van der Waals surface area contributed by atoms with E-state index in [4.69, 9.17) is 5.21 Å². The average Bonchev–Trinajstić information content (AvgIpc) is 2.17. The van der Waals surface area contributed by atoms with Crippen LogP contribution in [0.5, 0.6) is 0 Å². The second-order valence-electron chi connectivity index (χ2n) is 2.97. The number of nitrogens with one attached hydrogen (secondary N) is 1. The number of amides is 1. The van der Waals surface area contributed by atoms with Crippen molar-refractivity contribution < 1.29 is 14.8 Å². The largest absolute Gasteiger partial charge is 0.410 e. The van der Waals surface area contributed by atoms with Gasteiger partial charge in [0.25, 0.3) is 5.91 Å². The molecule has 1 amide bonds. The van der Waals surface area contributed by atoms with E-state index in [1.54, 1.807) is 24.3 Å². The van der Waals surface area contributed by atoms with Crippen LogP contribution in [0.2, 0.25) is 0 Å². The second-order valence-corrected chi connectivity index (χ2v) is 3.88. The summed E-state index contributed by atoms with van der Waals surface area (Å²) >= 11 is 3.24. The highest BCUT2D eigenvalue weighted by atomic mass is 79.9. The van der Waals surface area contributed by atoms with Crippen molar-refractivity contribution in [1.82, 2.24) is 0 Å². The van der Waals surface area contributed by atoms with Crippen LogP contribution < -0.4 is 5.32 Å². The van der Waals surface area contributed by atoms with Crippen LogP contribution in [0.3, 0.4) is 0 Å². The van der Waals surface area contributed by atoms with E-state index in [0.29, 0.717) is 5.69 Å². The maximum Gasteiger partial charge on any atom is 0.281 e. The number of anilines is 1. The van der Waals surface area contributed by atoms with Gasteiger partial charge in [-0.15, -0.1) is 0 Å². The number of carbonyl (C=O) groups excluding carboxylic acids is 2. The molecule has 0 aliphatic rings. The molecule has 16 heavy (non-hydrogen) atoms. The molecule has 6 heteroatoms. The minimum Gasteiger partial charge on any atom is -0.410 e. The average molecular weight is 285 g/mol. The first-order chi connectivity index (χ1) is 7.54. The summed E-state index contributed by atoms with van der Waals surface area (Å²) in [5, 5.41) is 13.6. The molecule has 0 saturated carbocycles. The molecule has 0 spiro atoms. The monoisotopic (exact) mass is 284 g/mol. The molecule has 0 fully saturated rings. The number of hydrogen-bond donors (Lipinski definition) is 2. The Morgan fingerprint density at radius 1 is 1.44 bits per heavy atom. The van der Waals surface area contributed by atoms with Crippen molar-refractivity contribution in [2.75, 3.05) is 5.32 Å². The summed E-state index contributed by atoms with van der Waals surface area (Å²) in [6.45, 7) is 1.15. The van der Waals surface area contributed by atoms with Crippen LogP contribution >= 0.6 is 15.9 Å². The number of carbonyl (C=O) groups is 2. The van der Waals surface area contributed by atoms with Gasteiger partial charge in [-0.1, -0.05) is 27.2 Å². The molecule has 0 aliphatic carbocycles. The molecule has 1 rings (SSSR count). The van der Waals surface area contributed by atoms with E-state index in [0.717, 1.165) is 11.4 Å². The van der Waals surface area contributed by atoms with Gasteiger partial charge in [-0.05, 0) is 18.2 Å². The second kappa shape index (κ2) is 5.41. The van der Waals surface area contributed by atoms with Gasteiger partial charge in [0, 0.05) is 17.1 Å². The lowest BCUT2D eigenvalue weighted by molar-refractivity contribution is -0.114. The van der Waals surface area contributed by atoms with Gasteiger partial charge in [-0.3, -0.25) is 9.59 Å². The van der Waals surface area contributed by atoms with Gasteiger partial charge in [0.2, 0.25) is 5.71 Å². The fourth-order valence-corrected chi connectivity index (χ4v) is 1.43. The quantitative estimate of drug-likeness (QED) is 0.385. The van der Waals surface area contributed by atoms with Gasteiger partial charge in [0.1, 0.15) is 0 Å². The summed E-state index contributed by atoms with van der Waals surface area (Å²) in [5.74, 6) is -1.34. The van der Waals surface area contributed by atoms with Crippen LogP contribution in [0, 0.1) is 0 Å². The number of Topliss-reactive ketones (excluding diaryl/α,β-unsaturated/α-hetero) is 1. The molecule has 5 nitrogen and oxygen atoms in total. The first-order valence-electron chi connectivity index (χ1n) is 4.34. The molecule has 0 unspecified atom stereocenters. The predicted octanol–water partition coefficient (Wildman–Crippen LogP) is 1.81. The third kappa shape index (κ3) is 3.16. The number of halogens is 1. The highest BCUT2D eigenvalue weighted by Crippen LogP contribution is 2.15. The summed E-state index contributed by atoms with van der Waals surface area (Å²) in [5.41, 5.74) is -0.0262. The van der Waals surface area contributed by atoms with E-state index in [1.165, 1.54) is 0 Å². The third-order valence-corrected chi connectivity index (χ3v) is 2.22. The summed E-state index contributed by atoms with van der Waals surface area (Å²) in [6.07, 6.45) is 0. The zero-order chi connectivity index (χ0) is 12.1. The van der Waals surface area contributed by atoms with Gasteiger partial charge in [0.15, 0.2) is 5.78 Å². The van der Waals surface area contributed by atoms with Crippen molar-refractivity contribution in [1.29, 1.82) is 0 Å². The molecule has 0 bridgehead atoms. The number of rotatable bonds is 3. The van der Waals surface area contributed by atoms with E-state index >= 15 is 0 Å². The van der Waals surface area contributed by atoms with Crippen molar-refractivity contribution in [3.8, 4) is 0 Å². The lowest BCUT2D eigenvalue weighted by Gasteiger charge is -2.04. The van der Waals surface area contributed by atoms with Crippen molar-refractivity contribution in [3.05, 3.63) is 28.7 Å². The van der Waals surface area contributed by atoms with Gasteiger partial charge < -0.3 is 10.5 Å². The smallest absolute Gasteiger partial charge is 0.281 e. The molecule has 2 N–H and O–H groups in total. The molecule has 0 atom stereocenters. The molecule has 0 aromatic heterocycles. The summed E-state index contributed by atoms with van der Waals surface area (Å²) < 4.78 is 0.788. The Bertz CT molecular complexity index is 457. The Kier molecular flexibility index (Phi) is 4.19. The maximum atomic E-state index is 11.5. The molecule has 0 saturated heterocycles. The Balaban J connectivity index is 2.83. The van der Waals surface area contributed by atoms with Crippen LogP contribution in [-0.2, 0) is 9.59 Å². The van der Waals surface area contributed by atoms with E-state index in [1.807, 2.05) is 0 Å². The third-order valence-electron chi connectivity index (χ3n) is 1.73.